The summed E-state index contributed by atoms with van der Waals surface area (Å²) in [5.41, 5.74) is 1.10. The van der Waals surface area contributed by atoms with Crippen LogP contribution in [0.2, 0.25) is 0 Å². The summed E-state index contributed by atoms with van der Waals surface area (Å²) < 4.78 is 19.1. The van der Waals surface area contributed by atoms with Gasteiger partial charge in [-0.25, -0.2) is 4.39 Å². The quantitative estimate of drug-likeness (QED) is 0.850. The molecule has 0 aliphatic carbocycles. The summed E-state index contributed by atoms with van der Waals surface area (Å²) in [5, 5.41) is 0. The second kappa shape index (κ2) is 5.43. The van der Waals surface area contributed by atoms with Gasteiger partial charge in [0.15, 0.2) is 6.61 Å². The monoisotopic (exact) mass is 277 g/mol. The number of carbonyl (C=O) groups is 1. The van der Waals surface area contributed by atoms with Gasteiger partial charge in [-0.2, -0.15) is 0 Å². The molecule has 3 rings (SSSR count). The summed E-state index contributed by atoms with van der Waals surface area (Å²) in [5.74, 6) is 0.706. The van der Waals surface area contributed by atoms with Gasteiger partial charge in [0.25, 0.3) is 5.91 Å². The van der Waals surface area contributed by atoms with E-state index in [4.69, 9.17) is 4.74 Å². The van der Waals surface area contributed by atoms with Crippen LogP contribution in [0, 0.1) is 6.92 Å². The van der Waals surface area contributed by atoms with E-state index in [1.165, 1.54) is 0 Å². The molecule has 1 amide bonds. The van der Waals surface area contributed by atoms with Crippen LogP contribution >= 0.6 is 0 Å². The first-order chi connectivity index (χ1) is 9.63. The third-order valence-corrected chi connectivity index (χ3v) is 4.32. The third kappa shape index (κ3) is 2.65. The summed E-state index contributed by atoms with van der Waals surface area (Å²) in [7, 11) is 0. The highest BCUT2D eigenvalue weighted by molar-refractivity contribution is 5.79. The van der Waals surface area contributed by atoms with Crippen molar-refractivity contribution in [3.63, 3.8) is 0 Å². The molecule has 2 aliphatic heterocycles. The fraction of sp³-hybridized carbons (Fsp3) is 0.562. The van der Waals surface area contributed by atoms with Crippen molar-refractivity contribution in [1.82, 2.24) is 4.90 Å². The van der Waals surface area contributed by atoms with E-state index in [2.05, 4.69) is 0 Å². The van der Waals surface area contributed by atoms with Gasteiger partial charge in [-0.05, 0) is 50.3 Å². The molecule has 2 heterocycles. The van der Waals surface area contributed by atoms with Crippen LogP contribution in [0.4, 0.5) is 4.39 Å². The minimum atomic E-state index is -0.741. The van der Waals surface area contributed by atoms with Crippen LogP contribution in [-0.2, 0) is 4.79 Å². The van der Waals surface area contributed by atoms with Crippen molar-refractivity contribution in [2.75, 3.05) is 6.61 Å². The number of nitrogens with zero attached hydrogens (tertiary/aromatic N) is 1. The van der Waals surface area contributed by atoms with E-state index in [0.717, 1.165) is 18.4 Å². The van der Waals surface area contributed by atoms with Crippen molar-refractivity contribution >= 4 is 5.91 Å². The first-order valence-corrected chi connectivity index (χ1v) is 7.28. The smallest absolute Gasteiger partial charge is 0.261 e. The third-order valence-electron chi connectivity index (χ3n) is 4.32. The molecular weight excluding hydrogens is 257 g/mol. The van der Waals surface area contributed by atoms with Crippen LogP contribution in [-0.4, -0.2) is 35.7 Å². The Bertz CT molecular complexity index is 491. The van der Waals surface area contributed by atoms with E-state index >= 15 is 0 Å². The Morgan fingerprint density at radius 1 is 1.35 bits per heavy atom. The number of amides is 1. The molecule has 3 nitrogen and oxygen atoms in total. The van der Waals surface area contributed by atoms with Crippen LogP contribution in [0.15, 0.2) is 24.3 Å². The zero-order valence-corrected chi connectivity index (χ0v) is 11.7. The number of benzene rings is 1. The zero-order chi connectivity index (χ0) is 14.1. The van der Waals surface area contributed by atoms with Crippen LogP contribution < -0.4 is 4.74 Å². The first kappa shape index (κ1) is 13.4. The highest BCUT2D eigenvalue weighted by atomic mass is 19.1. The number of carbonyl (C=O) groups excluding carboxylic acids is 1. The van der Waals surface area contributed by atoms with E-state index in [1.807, 2.05) is 36.1 Å². The lowest BCUT2D eigenvalue weighted by Crippen LogP contribution is -2.48. The van der Waals surface area contributed by atoms with Gasteiger partial charge in [-0.1, -0.05) is 12.1 Å². The van der Waals surface area contributed by atoms with Crippen molar-refractivity contribution in [1.29, 1.82) is 0 Å². The Morgan fingerprint density at radius 3 is 2.70 bits per heavy atom. The highest BCUT2D eigenvalue weighted by Crippen LogP contribution is 2.36. The summed E-state index contributed by atoms with van der Waals surface area (Å²) in [6.45, 7) is 2.04. The minimum absolute atomic E-state index is 0.00842. The molecule has 4 heteroatoms. The molecule has 0 aromatic heterocycles. The molecule has 1 aromatic rings. The van der Waals surface area contributed by atoms with Crippen LogP contribution in [0.25, 0.3) is 0 Å². The van der Waals surface area contributed by atoms with Gasteiger partial charge in [0, 0.05) is 12.1 Å². The number of piperidine rings is 1. The number of rotatable bonds is 3. The summed E-state index contributed by atoms with van der Waals surface area (Å²) >= 11 is 0. The van der Waals surface area contributed by atoms with Gasteiger partial charge in [0.1, 0.15) is 11.9 Å². The van der Waals surface area contributed by atoms with Crippen molar-refractivity contribution in [3.8, 4) is 5.75 Å². The molecule has 1 aromatic carbocycles. The molecular formula is C16H20FNO2. The van der Waals surface area contributed by atoms with E-state index in [0.29, 0.717) is 18.6 Å². The molecule has 20 heavy (non-hydrogen) atoms. The second-order valence-electron chi connectivity index (χ2n) is 5.86. The highest BCUT2D eigenvalue weighted by Gasteiger charge is 2.43. The summed E-state index contributed by atoms with van der Waals surface area (Å²) in [6.07, 6.45) is 2.11. The lowest BCUT2D eigenvalue weighted by Gasteiger charge is -2.36. The van der Waals surface area contributed by atoms with Gasteiger partial charge in [0.05, 0.1) is 0 Å². The number of alkyl halides is 1. The molecule has 0 spiro atoms. The molecule has 2 bridgehead atoms. The van der Waals surface area contributed by atoms with Crippen LogP contribution in [0.1, 0.15) is 31.2 Å². The maximum absolute atomic E-state index is 13.5. The standard InChI is InChI=1S/C16H20FNO2/c1-11-3-2-4-15(7-11)20-10-16(19)18-13-5-6-14(18)9-12(17)8-13/h2-4,7,12-14H,5-6,8-10H2,1H3. The Kier molecular flexibility index (Phi) is 3.64. The number of ether oxygens (including phenoxy) is 1. The van der Waals surface area contributed by atoms with Gasteiger partial charge >= 0.3 is 0 Å². The number of halogens is 1. The van der Waals surface area contributed by atoms with Crippen molar-refractivity contribution in [2.45, 2.75) is 50.9 Å². The topological polar surface area (TPSA) is 29.5 Å². The van der Waals surface area contributed by atoms with Crippen molar-refractivity contribution in [3.05, 3.63) is 29.8 Å². The van der Waals surface area contributed by atoms with Crippen molar-refractivity contribution < 1.29 is 13.9 Å². The molecule has 2 saturated heterocycles. The minimum Gasteiger partial charge on any atom is -0.484 e. The molecule has 108 valence electrons. The fourth-order valence-electron chi connectivity index (χ4n) is 3.44. The van der Waals surface area contributed by atoms with E-state index in [1.54, 1.807) is 0 Å². The van der Waals surface area contributed by atoms with E-state index in [9.17, 15) is 9.18 Å². The summed E-state index contributed by atoms with van der Waals surface area (Å²) in [6, 6.07) is 7.82. The molecule has 0 saturated carbocycles. The number of hydrogen-bond donors (Lipinski definition) is 0. The predicted octanol–water partition coefficient (Wildman–Crippen LogP) is 2.87. The Labute approximate surface area is 118 Å². The van der Waals surface area contributed by atoms with Gasteiger partial charge in [0.2, 0.25) is 0 Å². The lowest BCUT2D eigenvalue weighted by molar-refractivity contribution is -0.138. The van der Waals surface area contributed by atoms with Crippen molar-refractivity contribution in [2.24, 2.45) is 0 Å². The Hall–Kier alpha value is -1.58. The zero-order valence-electron chi connectivity index (χ0n) is 11.7. The van der Waals surface area contributed by atoms with Gasteiger partial charge < -0.3 is 9.64 Å². The van der Waals surface area contributed by atoms with Crippen LogP contribution in [0.5, 0.6) is 5.75 Å². The Morgan fingerprint density at radius 2 is 2.05 bits per heavy atom. The molecule has 2 atom stereocenters. The fourth-order valence-corrected chi connectivity index (χ4v) is 3.44. The lowest BCUT2D eigenvalue weighted by atomic mass is 10.0. The largest absolute Gasteiger partial charge is 0.484 e. The molecule has 0 N–H and O–H groups in total. The van der Waals surface area contributed by atoms with E-state index < -0.39 is 6.17 Å². The number of fused-ring (bicyclic) bond motifs is 2. The molecule has 2 aliphatic rings. The van der Waals surface area contributed by atoms with Crippen LogP contribution in [0.3, 0.4) is 0 Å². The normalized spacial score (nSPS) is 28.5. The number of aryl methyl sites for hydroxylation is 1. The molecule has 2 unspecified atom stereocenters. The number of hydrogen-bond acceptors (Lipinski definition) is 2. The molecule has 0 radical (unpaired) electrons. The maximum Gasteiger partial charge on any atom is 0.261 e. The predicted molar refractivity (Wildman–Crippen MR) is 74.5 cm³/mol. The Balaban J connectivity index is 1.60. The maximum atomic E-state index is 13.5. The average Bonchev–Trinajstić information content (AvgIpc) is 2.68. The SMILES string of the molecule is Cc1cccc(OCC(=O)N2C3CCC2CC(F)C3)c1. The summed E-state index contributed by atoms with van der Waals surface area (Å²) in [4.78, 5) is 14.2. The van der Waals surface area contributed by atoms with Gasteiger partial charge in [-0.3, -0.25) is 4.79 Å². The second-order valence-corrected chi connectivity index (χ2v) is 5.86. The molecule has 2 fully saturated rings. The van der Waals surface area contributed by atoms with Gasteiger partial charge in [-0.15, -0.1) is 0 Å². The first-order valence-electron chi connectivity index (χ1n) is 7.28. The average molecular weight is 277 g/mol. The van der Waals surface area contributed by atoms with E-state index in [-0.39, 0.29) is 24.6 Å².